The molecule has 0 amide bonds. The Morgan fingerprint density at radius 2 is 1.73 bits per heavy atom. The van der Waals surface area contributed by atoms with Gasteiger partial charge in [0.1, 0.15) is 0 Å². The lowest BCUT2D eigenvalue weighted by molar-refractivity contribution is -0.275. The number of unbranched alkanes of at least 4 members (excludes halogenated alkanes) is 3. The van der Waals surface area contributed by atoms with Crippen molar-refractivity contribution in [3.05, 3.63) is 48.8 Å². The van der Waals surface area contributed by atoms with Crippen molar-refractivity contribution in [2.45, 2.75) is 32.0 Å². The second-order valence-corrected chi connectivity index (χ2v) is 6.09. The number of nitrogens with one attached hydrogen (secondary N) is 2. The Morgan fingerprint density at radius 3 is 2.43 bits per heavy atom. The van der Waals surface area contributed by atoms with Crippen LogP contribution in [0.1, 0.15) is 25.7 Å². The molecule has 0 fully saturated rings. The van der Waals surface area contributed by atoms with Crippen molar-refractivity contribution < 1.29 is 22.6 Å². The molecule has 0 unspecified atom stereocenters. The molecule has 0 bridgehead atoms. The van der Waals surface area contributed by atoms with Crippen LogP contribution in [-0.2, 0) is 0 Å². The van der Waals surface area contributed by atoms with E-state index in [2.05, 4.69) is 25.3 Å². The minimum Gasteiger partial charge on any atom is -0.490 e. The number of aromatic nitrogens is 1. The maximum atomic E-state index is 12.4. The quantitative estimate of drug-likeness (QED) is 0.196. The van der Waals surface area contributed by atoms with E-state index in [1.54, 1.807) is 30.6 Å². The summed E-state index contributed by atoms with van der Waals surface area (Å²) in [5.74, 6) is 0.0737. The number of hydrogen-bond acceptors (Lipinski definition) is 5. The number of pyridine rings is 1. The zero-order chi connectivity index (χ0) is 21.7. The summed E-state index contributed by atoms with van der Waals surface area (Å²) in [7, 11) is 0. The van der Waals surface area contributed by atoms with Crippen LogP contribution in [0.3, 0.4) is 0 Å². The van der Waals surface area contributed by atoms with Gasteiger partial charge in [-0.25, -0.2) is 4.99 Å². The van der Waals surface area contributed by atoms with Gasteiger partial charge in [0.15, 0.2) is 17.7 Å². The molecule has 0 aliphatic heterocycles. The van der Waals surface area contributed by atoms with Gasteiger partial charge in [-0.3, -0.25) is 10.3 Å². The van der Waals surface area contributed by atoms with Gasteiger partial charge >= 0.3 is 6.36 Å². The number of benzene rings is 1. The van der Waals surface area contributed by atoms with Crippen LogP contribution in [0.25, 0.3) is 0 Å². The third-order valence-electron chi connectivity index (χ3n) is 3.77. The monoisotopic (exact) mass is 421 g/mol. The van der Waals surface area contributed by atoms with Gasteiger partial charge < -0.3 is 14.8 Å². The highest BCUT2D eigenvalue weighted by Crippen LogP contribution is 2.31. The molecule has 10 heteroatoms. The van der Waals surface area contributed by atoms with Crippen molar-refractivity contribution in [2.24, 2.45) is 4.99 Å². The molecule has 0 aliphatic rings. The maximum absolute atomic E-state index is 12.4. The van der Waals surface area contributed by atoms with Crippen LogP contribution >= 0.6 is 0 Å². The Hall–Kier alpha value is -3.48. The molecule has 0 saturated carbocycles. The molecule has 1 aromatic heterocycles. The van der Waals surface area contributed by atoms with Crippen molar-refractivity contribution >= 4 is 11.6 Å². The summed E-state index contributed by atoms with van der Waals surface area (Å²) in [5.41, 5.74) is 0.669. The number of ether oxygens (including phenoxy) is 2. The third kappa shape index (κ3) is 9.14. The summed E-state index contributed by atoms with van der Waals surface area (Å²) >= 11 is 0. The topological polar surface area (TPSA) is 91.6 Å². The number of nitrogens with zero attached hydrogens (tertiary/aromatic N) is 3. The fraction of sp³-hybridized carbons (Fsp3) is 0.350. The van der Waals surface area contributed by atoms with Crippen LogP contribution in [0.15, 0.2) is 53.8 Å². The van der Waals surface area contributed by atoms with Crippen molar-refractivity contribution in [1.82, 2.24) is 15.6 Å². The number of nitriles is 1. The molecule has 0 spiro atoms. The number of hydrogen-bond donors (Lipinski definition) is 2. The zero-order valence-electron chi connectivity index (χ0n) is 16.2. The fourth-order valence-corrected chi connectivity index (χ4v) is 2.46. The Kier molecular flexibility index (Phi) is 9.24. The number of guanidine groups is 1. The van der Waals surface area contributed by atoms with Gasteiger partial charge in [-0.2, -0.15) is 5.26 Å². The minimum absolute atomic E-state index is 0.0658. The first-order valence-electron chi connectivity index (χ1n) is 9.33. The summed E-state index contributed by atoms with van der Waals surface area (Å²) in [6, 6.07) is 9.14. The standard InChI is InChI=1S/C20H22F3N5O2/c21-20(22,23)30-18-8-4-3-7-17(18)29-14-6-2-1-5-11-26-19(27-15-24)28-16-9-12-25-13-10-16/h3-4,7-10,12-13H,1-2,5-6,11,14H2,(H2,25,26,27,28). The molecule has 0 atom stereocenters. The second kappa shape index (κ2) is 12.2. The van der Waals surface area contributed by atoms with Gasteiger partial charge in [0.25, 0.3) is 0 Å². The molecule has 160 valence electrons. The van der Waals surface area contributed by atoms with Crippen LogP contribution in [-0.4, -0.2) is 30.5 Å². The Labute approximate surface area is 172 Å². The molecule has 0 saturated heterocycles. The second-order valence-electron chi connectivity index (χ2n) is 6.09. The average molecular weight is 421 g/mol. The summed E-state index contributed by atoms with van der Waals surface area (Å²) in [6.07, 6.45) is 3.54. The van der Waals surface area contributed by atoms with Crippen LogP contribution in [0.5, 0.6) is 11.5 Å². The van der Waals surface area contributed by atoms with Crippen molar-refractivity contribution in [3.63, 3.8) is 0 Å². The smallest absolute Gasteiger partial charge is 0.490 e. The predicted octanol–water partition coefficient (Wildman–Crippen LogP) is 4.27. The SMILES string of the molecule is N#CN/C(=N\c1ccncc1)NCCCCCCOc1ccccc1OC(F)(F)F. The number of alkyl halides is 3. The van der Waals surface area contributed by atoms with Gasteiger partial charge in [-0.1, -0.05) is 25.0 Å². The average Bonchev–Trinajstić information content (AvgIpc) is 2.71. The van der Waals surface area contributed by atoms with Crippen LogP contribution < -0.4 is 20.1 Å². The van der Waals surface area contributed by atoms with E-state index in [0.717, 1.165) is 19.3 Å². The number of aliphatic imine (C=N–C) groups is 1. The first-order valence-corrected chi connectivity index (χ1v) is 9.33. The zero-order valence-corrected chi connectivity index (χ0v) is 16.2. The lowest BCUT2D eigenvalue weighted by Crippen LogP contribution is -2.34. The van der Waals surface area contributed by atoms with Crippen molar-refractivity contribution in [2.75, 3.05) is 13.2 Å². The van der Waals surface area contributed by atoms with Gasteiger partial charge in [0.05, 0.1) is 12.3 Å². The van der Waals surface area contributed by atoms with E-state index in [4.69, 9.17) is 10.00 Å². The first kappa shape index (κ1) is 22.8. The van der Waals surface area contributed by atoms with Crippen molar-refractivity contribution in [1.29, 1.82) is 5.26 Å². The molecule has 0 aliphatic carbocycles. The first-order chi connectivity index (χ1) is 14.5. The predicted molar refractivity (Wildman–Crippen MR) is 105 cm³/mol. The highest BCUT2D eigenvalue weighted by molar-refractivity contribution is 5.83. The number of halogens is 3. The summed E-state index contributed by atoms with van der Waals surface area (Å²) in [4.78, 5) is 8.19. The van der Waals surface area contributed by atoms with Gasteiger partial charge in [-0.05, 0) is 37.1 Å². The number of rotatable bonds is 10. The highest BCUT2D eigenvalue weighted by Gasteiger charge is 2.32. The highest BCUT2D eigenvalue weighted by atomic mass is 19.4. The molecule has 7 nitrogen and oxygen atoms in total. The van der Waals surface area contributed by atoms with Gasteiger partial charge in [0, 0.05) is 18.9 Å². The molecule has 1 aromatic carbocycles. The van der Waals surface area contributed by atoms with E-state index in [-0.39, 0.29) is 18.1 Å². The van der Waals surface area contributed by atoms with E-state index < -0.39 is 6.36 Å². The Bertz CT molecular complexity index is 838. The van der Waals surface area contributed by atoms with Crippen LogP contribution in [0.2, 0.25) is 0 Å². The lowest BCUT2D eigenvalue weighted by atomic mass is 10.2. The van der Waals surface area contributed by atoms with E-state index >= 15 is 0 Å². The number of para-hydroxylation sites is 2. The lowest BCUT2D eigenvalue weighted by Gasteiger charge is -2.13. The summed E-state index contributed by atoms with van der Waals surface area (Å²) < 4.78 is 46.5. The fourth-order valence-electron chi connectivity index (χ4n) is 2.46. The molecule has 30 heavy (non-hydrogen) atoms. The van der Waals surface area contributed by atoms with E-state index in [0.29, 0.717) is 24.6 Å². The maximum Gasteiger partial charge on any atom is 0.573 e. The summed E-state index contributed by atoms with van der Waals surface area (Å²) in [5, 5.41) is 14.4. The van der Waals surface area contributed by atoms with E-state index in [9.17, 15) is 13.2 Å². The summed E-state index contributed by atoms with van der Waals surface area (Å²) in [6.45, 7) is 0.901. The molecule has 2 rings (SSSR count). The van der Waals surface area contributed by atoms with Crippen molar-refractivity contribution in [3.8, 4) is 17.7 Å². The molecule has 2 N–H and O–H groups in total. The largest absolute Gasteiger partial charge is 0.573 e. The molecule has 1 heterocycles. The molecular weight excluding hydrogens is 399 g/mol. The van der Waals surface area contributed by atoms with E-state index in [1.165, 1.54) is 18.2 Å². The molecule has 0 radical (unpaired) electrons. The molecular formula is C20H22F3N5O2. The normalized spacial score (nSPS) is 11.5. The molecule has 2 aromatic rings. The van der Waals surface area contributed by atoms with Crippen LogP contribution in [0.4, 0.5) is 18.9 Å². The Morgan fingerprint density at radius 1 is 1.03 bits per heavy atom. The Balaban J connectivity index is 1.64. The van der Waals surface area contributed by atoms with E-state index in [1.807, 2.05) is 6.19 Å². The van der Waals surface area contributed by atoms with Gasteiger partial charge in [0.2, 0.25) is 5.96 Å². The third-order valence-corrected chi connectivity index (χ3v) is 3.77. The minimum atomic E-state index is -4.76. The van der Waals surface area contributed by atoms with Gasteiger partial charge in [-0.15, -0.1) is 13.2 Å². The van der Waals surface area contributed by atoms with Crippen LogP contribution in [0, 0.1) is 11.5 Å².